The topological polar surface area (TPSA) is 96.0 Å². The van der Waals surface area contributed by atoms with Gasteiger partial charge in [0.05, 0.1) is 19.3 Å². The molecule has 156 valence electrons. The third-order valence-corrected chi connectivity index (χ3v) is 5.70. The number of hydrogen-bond donors (Lipinski definition) is 3. The standard InChI is InChI=1S/C23H30N2O4/c24-22(28)19-7-9-20(10-8-19)29-14-4-12-25-13-11-21(27)23(16-25,17-26)15-18-5-2-1-3-6-18/h1-3,5-10,21,26-27H,4,11-17H2,(H2,24,28)/t21-,23+/m1/s1. The monoisotopic (exact) mass is 398 g/mol. The minimum absolute atomic E-state index is 0.0394. The maximum Gasteiger partial charge on any atom is 0.248 e. The zero-order chi connectivity index (χ0) is 20.7. The molecule has 2 atom stereocenters. The van der Waals surface area contributed by atoms with Gasteiger partial charge in [0.2, 0.25) is 5.91 Å². The minimum atomic E-state index is -0.537. The first-order valence-corrected chi connectivity index (χ1v) is 10.1. The average molecular weight is 399 g/mol. The molecule has 0 aromatic heterocycles. The molecule has 0 aliphatic carbocycles. The Morgan fingerprint density at radius 1 is 1.17 bits per heavy atom. The predicted molar refractivity (Wildman–Crippen MR) is 112 cm³/mol. The molecule has 1 aliphatic heterocycles. The molecule has 1 aliphatic rings. The molecule has 1 amide bonds. The van der Waals surface area contributed by atoms with Crippen LogP contribution in [0.4, 0.5) is 0 Å². The van der Waals surface area contributed by atoms with Crippen LogP contribution < -0.4 is 10.5 Å². The molecule has 1 fully saturated rings. The van der Waals surface area contributed by atoms with E-state index in [2.05, 4.69) is 4.90 Å². The first-order valence-electron chi connectivity index (χ1n) is 10.1. The quantitative estimate of drug-likeness (QED) is 0.560. The second-order valence-corrected chi connectivity index (χ2v) is 7.85. The van der Waals surface area contributed by atoms with E-state index in [1.165, 1.54) is 0 Å². The number of ether oxygens (including phenoxy) is 1. The Kier molecular flexibility index (Phi) is 7.25. The highest BCUT2D eigenvalue weighted by atomic mass is 16.5. The number of hydrogen-bond acceptors (Lipinski definition) is 5. The Morgan fingerprint density at radius 3 is 2.55 bits per heavy atom. The third kappa shape index (κ3) is 5.56. The molecule has 6 nitrogen and oxygen atoms in total. The van der Waals surface area contributed by atoms with E-state index in [1.807, 2.05) is 30.3 Å². The maximum absolute atomic E-state index is 11.1. The molecule has 1 heterocycles. The van der Waals surface area contributed by atoms with E-state index in [0.29, 0.717) is 37.3 Å². The first kappa shape index (κ1) is 21.3. The Hall–Kier alpha value is -2.41. The van der Waals surface area contributed by atoms with Gasteiger partial charge in [-0.1, -0.05) is 30.3 Å². The molecule has 2 aromatic carbocycles. The SMILES string of the molecule is NC(=O)c1ccc(OCCCN2CC[C@@H](O)[C@@](CO)(Cc3ccccc3)C2)cc1. The number of nitrogens with zero attached hydrogens (tertiary/aromatic N) is 1. The molecule has 0 saturated carbocycles. The summed E-state index contributed by atoms with van der Waals surface area (Å²) < 4.78 is 5.75. The molecule has 0 unspecified atom stereocenters. The van der Waals surface area contributed by atoms with Crippen LogP contribution in [0.15, 0.2) is 54.6 Å². The molecular formula is C23H30N2O4. The Balaban J connectivity index is 1.50. The number of carbonyl (C=O) groups excluding carboxylic acids is 1. The van der Waals surface area contributed by atoms with Gasteiger partial charge >= 0.3 is 0 Å². The van der Waals surface area contributed by atoms with Crippen molar-refractivity contribution in [1.29, 1.82) is 0 Å². The lowest BCUT2D eigenvalue weighted by Crippen LogP contribution is -2.55. The van der Waals surface area contributed by atoms with Crippen LogP contribution in [0.25, 0.3) is 0 Å². The van der Waals surface area contributed by atoms with Crippen LogP contribution in [0.5, 0.6) is 5.75 Å². The molecule has 6 heteroatoms. The zero-order valence-electron chi connectivity index (χ0n) is 16.7. The highest BCUT2D eigenvalue weighted by Gasteiger charge is 2.42. The van der Waals surface area contributed by atoms with Crippen molar-refractivity contribution < 1.29 is 19.7 Å². The molecule has 2 aromatic rings. The van der Waals surface area contributed by atoms with Crippen molar-refractivity contribution in [2.24, 2.45) is 11.1 Å². The highest BCUT2D eigenvalue weighted by Crippen LogP contribution is 2.34. The van der Waals surface area contributed by atoms with Crippen molar-refractivity contribution in [2.75, 3.05) is 32.8 Å². The summed E-state index contributed by atoms with van der Waals surface area (Å²) in [6.07, 6.45) is 1.64. The number of aliphatic hydroxyl groups excluding tert-OH is 2. The van der Waals surface area contributed by atoms with Crippen molar-refractivity contribution in [2.45, 2.75) is 25.4 Å². The summed E-state index contributed by atoms with van der Waals surface area (Å²) in [4.78, 5) is 13.4. The Labute approximate surface area is 171 Å². The normalized spacial score (nSPS) is 22.3. The largest absolute Gasteiger partial charge is 0.494 e. The fraction of sp³-hybridized carbons (Fsp3) is 0.435. The van der Waals surface area contributed by atoms with Crippen molar-refractivity contribution in [3.63, 3.8) is 0 Å². The number of carbonyl (C=O) groups is 1. The zero-order valence-corrected chi connectivity index (χ0v) is 16.7. The summed E-state index contributed by atoms with van der Waals surface area (Å²) in [5.74, 6) is 0.254. The molecular weight excluding hydrogens is 368 g/mol. The summed E-state index contributed by atoms with van der Waals surface area (Å²) in [7, 11) is 0. The van der Waals surface area contributed by atoms with Gasteiger partial charge in [-0.25, -0.2) is 0 Å². The van der Waals surface area contributed by atoms with Gasteiger partial charge in [0.15, 0.2) is 0 Å². The average Bonchev–Trinajstić information content (AvgIpc) is 2.74. The van der Waals surface area contributed by atoms with E-state index in [9.17, 15) is 15.0 Å². The minimum Gasteiger partial charge on any atom is -0.494 e. The third-order valence-electron chi connectivity index (χ3n) is 5.70. The summed E-state index contributed by atoms with van der Waals surface area (Å²) >= 11 is 0. The van der Waals surface area contributed by atoms with Crippen LogP contribution in [-0.2, 0) is 6.42 Å². The predicted octanol–water partition coefficient (Wildman–Crippen LogP) is 1.84. The fourth-order valence-electron chi connectivity index (χ4n) is 4.01. The van der Waals surface area contributed by atoms with E-state index in [4.69, 9.17) is 10.5 Å². The van der Waals surface area contributed by atoms with Gasteiger partial charge in [0.1, 0.15) is 5.75 Å². The van der Waals surface area contributed by atoms with E-state index in [1.54, 1.807) is 24.3 Å². The second kappa shape index (κ2) is 9.87. The van der Waals surface area contributed by atoms with Crippen LogP contribution >= 0.6 is 0 Å². The number of likely N-dealkylation sites (tertiary alicyclic amines) is 1. The Morgan fingerprint density at radius 2 is 1.90 bits per heavy atom. The molecule has 4 N–H and O–H groups in total. The van der Waals surface area contributed by atoms with Gasteiger partial charge < -0.3 is 25.6 Å². The lowest BCUT2D eigenvalue weighted by atomic mass is 9.73. The highest BCUT2D eigenvalue weighted by molar-refractivity contribution is 5.92. The van der Waals surface area contributed by atoms with Gasteiger partial charge in [0.25, 0.3) is 0 Å². The fourth-order valence-corrected chi connectivity index (χ4v) is 4.01. The molecule has 0 spiro atoms. The van der Waals surface area contributed by atoms with E-state index in [-0.39, 0.29) is 6.61 Å². The molecule has 1 saturated heterocycles. The van der Waals surface area contributed by atoms with E-state index in [0.717, 1.165) is 25.1 Å². The molecule has 29 heavy (non-hydrogen) atoms. The van der Waals surface area contributed by atoms with Crippen LogP contribution in [0.3, 0.4) is 0 Å². The van der Waals surface area contributed by atoms with Gasteiger partial charge in [-0.3, -0.25) is 4.79 Å². The van der Waals surface area contributed by atoms with Crippen molar-refractivity contribution in [1.82, 2.24) is 4.90 Å². The number of amides is 1. The number of aliphatic hydroxyl groups is 2. The van der Waals surface area contributed by atoms with E-state index < -0.39 is 17.4 Å². The molecule has 3 rings (SSSR count). The van der Waals surface area contributed by atoms with Crippen LogP contribution in [0, 0.1) is 5.41 Å². The smallest absolute Gasteiger partial charge is 0.248 e. The van der Waals surface area contributed by atoms with E-state index >= 15 is 0 Å². The van der Waals surface area contributed by atoms with Crippen LogP contribution in [0.2, 0.25) is 0 Å². The van der Waals surface area contributed by atoms with Gasteiger partial charge in [-0.2, -0.15) is 0 Å². The lowest BCUT2D eigenvalue weighted by Gasteiger charge is -2.45. The second-order valence-electron chi connectivity index (χ2n) is 7.85. The van der Waals surface area contributed by atoms with Crippen molar-refractivity contribution >= 4 is 5.91 Å². The molecule has 0 radical (unpaired) electrons. The summed E-state index contributed by atoms with van der Waals surface area (Å²) in [5, 5.41) is 20.8. The lowest BCUT2D eigenvalue weighted by molar-refractivity contribution is -0.0752. The summed E-state index contributed by atoms with van der Waals surface area (Å²) in [5.41, 5.74) is 6.29. The summed E-state index contributed by atoms with van der Waals surface area (Å²) in [6, 6.07) is 16.8. The Bertz CT molecular complexity index is 781. The number of primary amides is 1. The van der Waals surface area contributed by atoms with Crippen molar-refractivity contribution in [3.8, 4) is 5.75 Å². The van der Waals surface area contributed by atoms with Gasteiger partial charge in [-0.05, 0) is 49.1 Å². The first-order chi connectivity index (χ1) is 14.0. The number of nitrogens with two attached hydrogens (primary N) is 1. The summed E-state index contributed by atoms with van der Waals surface area (Å²) in [6.45, 7) is 2.82. The maximum atomic E-state index is 11.1. The van der Waals surface area contributed by atoms with Crippen LogP contribution in [0.1, 0.15) is 28.8 Å². The number of rotatable bonds is 9. The van der Waals surface area contributed by atoms with Gasteiger partial charge in [-0.15, -0.1) is 0 Å². The molecule has 0 bridgehead atoms. The number of piperidine rings is 1. The van der Waals surface area contributed by atoms with Gasteiger partial charge in [0, 0.05) is 30.6 Å². The van der Waals surface area contributed by atoms with Crippen molar-refractivity contribution in [3.05, 3.63) is 65.7 Å². The van der Waals surface area contributed by atoms with Crippen LogP contribution in [-0.4, -0.2) is 60.0 Å². The number of benzene rings is 2.